The molecule has 0 bridgehead atoms. The summed E-state index contributed by atoms with van der Waals surface area (Å²) in [6, 6.07) is -1.33. The van der Waals surface area contributed by atoms with Crippen molar-refractivity contribution in [3.8, 4) is 0 Å². The van der Waals surface area contributed by atoms with Gasteiger partial charge in [0.2, 0.25) is 0 Å². The quantitative estimate of drug-likeness (QED) is 0.510. The summed E-state index contributed by atoms with van der Waals surface area (Å²) in [6.07, 6.45) is 1.42. The maximum absolute atomic E-state index is 11.4. The Bertz CT molecular complexity index is 347. The summed E-state index contributed by atoms with van der Waals surface area (Å²) in [5.41, 5.74) is 0.210. The van der Waals surface area contributed by atoms with Gasteiger partial charge in [-0.25, -0.2) is 4.79 Å². The number of hydrogen-bond donors (Lipinski definition) is 4. The van der Waals surface area contributed by atoms with Crippen molar-refractivity contribution in [3.63, 3.8) is 0 Å². The minimum atomic E-state index is -1.33. The number of H-pyrrole nitrogens is 1. The summed E-state index contributed by atoms with van der Waals surface area (Å²) in [5, 5.41) is 25.9. The van der Waals surface area contributed by atoms with Gasteiger partial charge < -0.3 is 15.5 Å². The average molecular weight is 213 g/mol. The van der Waals surface area contributed by atoms with Gasteiger partial charge in [-0.2, -0.15) is 5.10 Å². The monoisotopic (exact) mass is 213 g/mol. The molecule has 2 atom stereocenters. The molecule has 1 rings (SSSR count). The first kappa shape index (κ1) is 11.2. The number of carboxylic acid groups (broad SMARTS) is 1. The lowest BCUT2D eigenvalue weighted by atomic mass is 10.2. The molecular formula is C8H11N3O4. The highest BCUT2D eigenvalue weighted by Gasteiger charge is 2.25. The van der Waals surface area contributed by atoms with Crippen molar-refractivity contribution in [2.24, 2.45) is 0 Å². The SMILES string of the molecule is CC(O)C(NC(=O)c1cn[nH]c1)C(=O)O. The van der Waals surface area contributed by atoms with E-state index in [1.165, 1.54) is 19.3 Å². The standard InChI is InChI=1S/C8H11N3O4/c1-4(12)6(8(14)15)11-7(13)5-2-9-10-3-5/h2-4,6,12H,1H3,(H,9,10)(H,11,13)(H,14,15). The van der Waals surface area contributed by atoms with E-state index in [2.05, 4.69) is 15.5 Å². The Morgan fingerprint density at radius 1 is 1.60 bits per heavy atom. The van der Waals surface area contributed by atoms with Gasteiger partial charge >= 0.3 is 5.97 Å². The third kappa shape index (κ3) is 2.78. The lowest BCUT2D eigenvalue weighted by Gasteiger charge is -2.16. The van der Waals surface area contributed by atoms with Crippen molar-refractivity contribution < 1.29 is 19.8 Å². The molecule has 0 saturated heterocycles. The molecule has 0 saturated carbocycles. The second-order valence-corrected chi connectivity index (χ2v) is 3.02. The Labute approximate surface area is 85.1 Å². The molecule has 4 N–H and O–H groups in total. The summed E-state index contributed by atoms with van der Waals surface area (Å²) in [7, 11) is 0. The number of aliphatic carboxylic acids is 1. The van der Waals surface area contributed by atoms with Crippen molar-refractivity contribution in [3.05, 3.63) is 18.0 Å². The fourth-order valence-corrected chi connectivity index (χ4v) is 0.988. The molecule has 7 heteroatoms. The van der Waals surface area contributed by atoms with Crippen LogP contribution in [0.15, 0.2) is 12.4 Å². The van der Waals surface area contributed by atoms with Crippen LogP contribution in [0.2, 0.25) is 0 Å². The molecule has 1 heterocycles. The second kappa shape index (κ2) is 4.56. The van der Waals surface area contributed by atoms with E-state index < -0.39 is 24.0 Å². The summed E-state index contributed by atoms with van der Waals surface area (Å²) in [6.45, 7) is 1.29. The number of nitrogens with zero attached hydrogens (tertiary/aromatic N) is 1. The second-order valence-electron chi connectivity index (χ2n) is 3.02. The third-order valence-corrected chi connectivity index (χ3v) is 1.80. The van der Waals surface area contributed by atoms with Gasteiger partial charge in [-0.3, -0.25) is 9.89 Å². The Morgan fingerprint density at radius 2 is 2.27 bits per heavy atom. The number of aromatic amines is 1. The van der Waals surface area contributed by atoms with E-state index in [0.29, 0.717) is 0 Å². The maximum atomic E-state index is 11.4. The third-order valence-electron chi connectivity index (χ3n) is 1.80. The number of amides is 1. The normalized spacial score (nSPS) is 14.3. The van der Waals surface area contributed by atoms with Crippen LogP contribution in [0.1, 0.15) is 17.3 Å². The van der Waals surface area contributed by atoms with Crippen LogP contribution in [-0.2, 0) is 4.79 Å². The minimum Gasteiger partial charge on any atom is -0.480 e. The summed E-state index contributed by atoms with van der Waals surface area (Å²) < 4.78 is 0. The number of aliphatic hydroxyl groups is 1. The molecule has 82 valence electrons. The molecule has 7 nitrogen and oxygen atoms in total. The van der Waals surface area contributed by atoms with Gasteiger partial charge in [-0.1, -0.05) is 0 Å². The Kier molecular flexibility index (Phi) is 3.40. The summed E-state index contributed by atoms with van der Waals surface area (Å²) >= 11 is 0. The summed E-state index contributed by atoms with van der Waals surface area (Å²) in [4.78, 5) is 22.0. The topological polar surface area (TPSA) is 115 Å². The lowest BCUT2D eigenvalue weighted by Crippen LogP contribution is -2.47. The van der Waals surface area contributed by atoms with Gasteiger partial charge in [0.15, 0.2) is 6.04 Å². The van der Waals surface area contributed by atoms with Gasteiger partial charge in [0.25, 0.3) is 5.91 Å². The molecule has 0 spiro atoms. The highest BCUT2D eigenvalue weighted by molar-refractivity contribution is 5.96. The largest absolute Gasteiger partial charge is 0.480 e. The fourth-order valence-electron chi connectivity index (χ4n) is 0.988. The molecule has 0 radical (unpaired) electrons. The lowest BCUT2D eigenvalue weighted by molar-refractivity contribution is -0.141. The molecule has 1 amide bonds. The predicted octanol–water partition coefficient (Wildman–Crippen LogP) is -1.03. The molecule has 0 aromatic carbocycles. The molecule has 0 aliphatic carbocycles. The van der Waals surface area contributed by atoms with Gasteiger partial charge in [0.1, 0.15) is 0 Å². The zero-order valence-electron chi connectivity index (χ0n) is 7.97. The zero-order valence-corrected chi connectivity index (χ0v) is 7.97. The van der Waals surface area contributed by atoms with Crippen molar-refractivity contribution >= 4 is 11.9 Å². The number of carbonyl (C=O) groups excluding carboxylic acids is 1. The Hall–Kier alpha value is -1.89. The molecule has 2 unspecified atom stereocenters. The number of carbonyl (C=O) groups is 2. The number of carboxylic acids is 1. The number of aromatic nitrogens is 2. The minimum absolute atomic E-state index is 0.210. The van der Waals surface area contributed by atoms with Crippen molar-refractivity contribution in [2.75, 3.05) is 0 Å². The van der Waals surface area contributed by atoms with Gasteiger partial charge in [-0.05, 0) is 6.92 Å². The van der Waals surface area contributed by atoms with Crippen LogP contribution in [0, 0.1) is 0 Å². The van der Waals surface area contributed by atoms with Gasteiger partial charge in [0.05, 0.1) is 17.9 Å². The number of nitrogens with one attached hydrogen (secondary N) is 2. The number of aliphatic hydroxyl groups excluding tert-OH is 1. The predicted molar refractivity (Wildman–Crippen MR) is 49.2 cm³/mol. The van der Waals surface area contributed by atoms with E-state index in [4.69, 9.17) is 10.2 Å². The fraction of sp³-hybridized carbons (Fsp3) is 0.375. The van der Waals surface area contributed by atoms with E-state index in [-0.39, 0.29) is 5.56 Å². The molecular weight excluding hydrogens is 202 g/mol. The van der Waals surface area contributed by atoms with Crippen molar-refractivity contribution in [1.29, 1.82) is 0 Å². The van der Waals surface area contributed by atoms with Crippen LogP contribution in [0.4, 0.5) is 0 Å². The first-order valence-electron chi connectivity index (χ1n) is 4.23. The molecule has 1 aromatic rings. The van der Waals surface area contributed by atoms with Crippen LogP contribution >= 0.6 is 0 Å². The zero-order chi connectivity index (χ0) is 11.4. The van der Waals surface area contributed by atoms with E-state index in [0.717, 1.165) is 0 Å². The smallest absolute Gasteiger partial charge is 0.328 e. The van der Waals surface area contributed by atoms with E-state index in [1.807, 2.05) is 0 Å². The van der Waals surface area contributed by atoms with Gasteiger partial charge in [-0.15, -0.1) is 0 Å². The van der Waals surface area contributed by atoms with Crippen LogP contribution in [0.25, 0.3) is 0 Å². The Balaban J connectivity index is 2.67. The van der Waals surface area contributed by atoms with Crippen LogP contribution in [0.5, 0.6) is 0 Å². The maximum Gasteiger partial charge on any atom is 0.328 e. The van der Waals surface area contributed by atoms with E-state index in [1.54, 1.807) is 0 Å². The number of hydrogen-bond acceptors (Lipinski definition) is 4. The molecule has 0 aliphatic heterocycles. The first-order chi connectivity index (χ1) is 7.02. The van der Waals surface area contributed by atoms with Crippen LogP contribution < -0.4 is 5.32 Å². The van der Waals surface area contributed by atoms with Crippen molar-refractivity contribution in [1.82, 2.24) is 15.5 Å². The van der Waals surface area contributed by atoms with E-state index >= 15 is 0 Å². The highest BCUT2D eigenvalue weighted by Crippen LogP contribution is 1.98. The van der Waals surface area contributed by atoms with Crippen molar-refractivity contribution in [2.45, 2.75) is 19.1 Å². The highest BCUT2D eigenvalue weighted by atomic mass is 16.4. The molecule has 0 fully saturated rings. The first-order valence-corrected chi connectivity index (χ1v) is 4.23. The molecule has 0 aliphatic rings. The Morgan fingerprint density at radius 3 is 2.67 bits per heavy atom. The molecule has 15 heavy (non-hydrogen) atoms. The average Bonchev–Trinajstić information content (AvgIpc) is 2.65. The van der Waals surface area contributed by atoms with Crippen LogP contribution in [-0.4, -0.2) is 44.4 Å². The van der Waals surface area contributed by atoms with Gasteiger partial charge in [0, 0.05) is 6.20 Å². The summed E-state index contributed by atoms with van der Waals surface area (Å²) in [5.74, 6) is -1.89. The number of rotatable bonds is 4. The van der Waals surface area contributed by atoms with E-state index in [9.17, 15) is 9.59 Å². The molecule has 1 aromatic heterocycles. The van der Waals surface area contributed by atoms with Crippen LogP contribution in [0.3, 0.4) is 0 Å².